The summed E-state index contributed by atoms with van der Waals surface area (Å²) in [5.41, 5.74) is 0. The molecule has 70 valence electrons. The largest absolute Gasteiger partial charge is 0.436 e. The van der Waals surface area contributed by atoms with E-state index < -0.39 is 6.29 Å². The summed E-state index contributed by atoms with van der Waals surface area (Å²) < 4.78 is 15.4. The predicted octanol–water partition coefficient (Wildman–Crippen LogP) is 1.05. The van der Waals surface area contributed by atoms with Crippen LogP contribution in [0.2, 0.25) is 0 Å². The summed E-state index contributed by atoms with van der Waals surface area (Å²) in [7, 11) is 0. The van der Waals surface area contributed by atoms with Crippen molar-refractivity contribution in [2.45, 2.75) is 45.9 Å². The third-order valence-electron chi connectivity index (χ3n) is 1.59. The van der Waals surface area contributed by atoms with E-state index in [1.807, 2.05) is 6.92 Å². The van der Waals surface area contributed by atoms with E-state index in [1.165, 1.54) is 6.92 Å². The second kappa shape index (κ2) is 3.87. The number of carbonyl (C=O) groups is 1. The number of rotatable bonds is 1. The van der Waals surface area contributed by atoms with Gasteiger partial charge in [0.1, 0.15) is 0 Å². The molecular weight excluding hydrogens is 160 g/mol. The average Bonchev–Trinajstić information content (AvgIpc) is 1.81. The minimum Gasteiger partial charge on any atom is -0.436 e. The third-order valence-corrected chi connectivity index (χ3v) is 1.59. The van der Waals surface area contributed by atoms with Gasteiger partial charge in [-0.3, -0.25) is 4.79 Å². The highest BCUT2D eigenvalue weighted by Gasteiger charge is 2.26. The van der Waals surface area contributed by atoms with Crippen LogP contribution < -0.4 is 0 Å². The third kappa shape index (κ3) is 2.79. The van der Waals surface area contributed by atoms with Crippen molar-refractivity contribution in [3.8, 4) is 0 Å². The van der Waals surface area contributed by atoms with E-state index in [4.69, 9.17) is 14.2 Å². The molecule has 1 fully saturated rings. The first-order valence-corrected chi connectivity index (χ1v) is 4.06. The van der Waals surface area contributed by atoms with Gasteiger partial charge in [0, 0.05) is 13.3 Å². The lowest BCUT2D eigenvalue weighted by Crippen LogP contribution is -2.37. The maximum absolute atomic E-state index is 10.6. The Hall–Kier alpha value is -0.610. The number of carbonyl (C=O) groups excluding carboxylic acids is 1. The molecule has 0 aromatic heterocycles. The van der Waals surface area contributed by atoms with Crippen LogP contribution in [0.3, 0.4) is 0 Å². The predicted molar refractivity (Wildman–Crippen MR) is 41.3 cm³/mol. The number of hydrogen-bond donors (Lipinski definition) is 0. The van der Waals surface area contributed by atoms with Crippen LogP contribution in [0.25, 0.3) is 0 Å². The van der Waals surface area contributed by atoms with E-state index in [1.54, 1.807) is 6.92 Å². The van der Waals surface area contributed by atoms with Gasteiger partial charge in [-0.1, -0.05) is 0 Å². The Morgan fingerprint density at radius 1 is 1.42 bits per heavy atom. The Kier molecular flexibility index (Phi) is 3.05. The van der Waals surface area contributed by atoms with Gasteiger partial charge in [0.05, 0.1) is 6.10 Å². The minimum atomic E-state index is -0.443. The summed E-state index contributed by atoms with van der Waals surface area (Å²) in [5.74, 6) is -0.318. The molecule has 1 aliphatic heterocycles. The molecule has 0 amide bonds. The molecule has 0 aromatic rings. The molecule has 0 bridgehead atoms. The Balaban J connectivity index is 2.38. The van der Waals surface area contributed by atoms with E-state index >= 15 is 0 Å². The van der Waals surface area contributed by atoms with Crippen LogP contribution in [0.4, 0.5) is 0 Å². The van der Waals surface area contributed by atoms with Gasteiger partial charge in [0.25, 0.3) is 0 Å². The molecule has 4 nitrogen and oxygen atoms in total. The zero-order chi connectivity index (χ0) is 9.14. The molecule has 1 heterocycles. The Labute approximate surface area is 71.8 Å². The molecule has 0 radical (unpaired) electrons. The van der Waals surface area contributed by atoms with Gasteiger partial charge in [-0.15, -0.1) is 0 Å². The first-order chi connectivity index (χ1) is 5.58. The summed E-state index contributed by atoms with van der Waals surface area (Å²) >= 11 is 0. The van der Waals surface area contributed by atoms with Gasteiger partial charge in [-0.05, 0) is 13.8 Å². The lowest BCUT2D eigenvalue weighted by Gasteiger charge is -2.31. The van der Waals surface area contributed by atoms with Crippen LogP contribution in [-0.4, -0.2) is 24.7 Å². The Bertz CT molecular complexity index is 158. The molecule has 1 aliphatic rings. The van der Waals surface area contributed by atoms with Crippen LogP contribution in [0.5, 0.6) is 0 Å². The SMILES string of the molecule is CC(=O)O[C@@H]1C[C@@H](C)O[C@H](C)O1. The zero-order valence-corrected chi connectivity index (χ0v) is 7.57. The van der Waals surface area contributed by atoms with Gasteiger partial charge in [-0.25, -0.2) is 0 Å². The monoisotopic (exact) mass is 174 g/mol. The quantitative estimate of drug-likeness (QED) is 0.557. The number of hydrogen-bond acceptors (Lipinski definition) is 4. The van der Waals surface area contributed by atoms with Crippen molar-refractivity contribution in [3.05, 3.63) is 0 Å². The molecule has 3 atom stereocenters. The van der Waals surface area contributed by atoms with Crippen LogP contribution in [0, 0.1) is 0 Å². The molecule has 1 saturated heterocycles. The molecule has 0 aliphatic carbocycles. The Morgan fingerprint density at radius 3 is 2.58 bits per heavy atom. The van der Waals surface area contributed by atoms with Crippen molar-refractivity contribution < 1.29 is 19.0 Å². The van der Waals surface area contributed by atoms with Crippen molar-refractivity contribution in [2.24, 2.45) is 0 Å². The molecule has 4 heteroatoms. The van der Waals surface area contributed by atoms with Gasteiger partial charge in [0.15, 0.2) is 6.29 Å². The normalized spacial score (nSPS) is 36.1. The van der Waals surface area contributed by atoms with E-state index in [2.05, 4.69) is 0 Å². The van der Waals surface area contributed by atoms with Crippen molar-refractivity contribution in [1.82, 2.24) is 0 Å². The van der Waals surface area contributed by atoms with Crippen LogP contribution in [0.1, 0.15) is 27.2 Å². The first kappa shape index (κ1) is 9.48. The lowest BCUT2D eigenvalue weighted by molar-refractivity contribution is -0.288. The summed E-state index contributed by atoms with van der Waals surface area (Å²) in [6.45, 7) is 5.08. The van der Waals surface area contributed by atoms with E-state index in [0.717, 1.165) is 0 Å². The maximum Gasteiger partial charge on any atom is 0.304 e. The van der Waals surface area contributed by atoms with Crippen LogP contribution >= 0.6 is 0 Å². The van der Waals surface area contributed by atoms with Crippen molar-refractivity contribution in [1.29, 1.82) is 0 Å². The van der Waals surface area contributed by atoms with Gasteiger partial charge >= 0.3 is 5.97 Å². The zero-order valence-electron chi connectivity index (χ0n) is 7.57. The highest BCUT2D eigenvalue weighted by Crippen LogP contribution is 2.18. The van der Waals surface area contributed by atoms with E-state index in [-0.39, 0.29) is 18.4 Å². The molecule has 0 N–H and O–H groups in total. The highest BCUT2D eigenvalue weighted by atomic mass is 16.8. The average molecular weight is 174 g/mol. The molecular formula is C8H14O4. The van der Waals surface area contributed by atoms with Crippen molar-refractivity contribution >= 4 is 5.97 Å². The summed E-state index contributed by atoms with van der Waals surface area (Å²) in [5, 5.41) is 0. The topological polar surface area (TPSA) is 44.8 Å². The highest BCUT2D eigenvalue weighted by molar-refractivity contribution is 5.66. The maximum atomic E-state index is 10.6. The van der Waals surface area contributed by atoms with Crippen molar-refractivity contribution in [3.63, 3.8) is 0 Å². The smallest absolute Gasteiger partial charge is 0.304 e. The number of ether oxygens (including phenoxy) is 3. The summed E-state index contributed by atoms with van der Waals surface area (Å²) in [4.78, 5) is 10.6. The lowest BCUT2D eigenvalue weighted by atomic mass is 10.2. The van der Waals surface area contributed by atoms with Crippen LogP contribution in [0.15, 0.2) is 0 Å². The summed E-state index contributed by atoms with van der Waals surface area (Å²) in [6, 6.07) is 0. The van der Waals surface area contributed by atoms with Crippen LogP contribution in [-0.2, 0) is 19.0 Å². The Morgan fingerprint density at radius 2 is 2.08 bits per heavy atom. The fourth-order valence-electron chi connectivity index (χ4n) is 1.22. The fraction of sp³-hybridized carbons (Fsp3) is 0.875. The number of esters is 1. The second-order valence-electron chi connectivity index (χ2n) is 2.93. The fourth-order valence-corrected chi connectivity index (χ4v) is 1.22. The van der Waals surface area contributed by atoms with Gasteiger partial charge in [-0.2, -0.15) is 0 Å². The standard InChI is InChI=1S/C8H14O4/c1-5-4-8(11-6(2)9)12-7(3)10-5/h5,7-8H,4H2,1-3H3/t5-,7+,8+/m1/s1. The minimum absolute atomic E-state index is 0.0816. The second-order valence-corrected chi connectivity index (χ2v) is 2.93. The molecule has 0 saturated carbocycles. The molecule has 12 heavy (non-hydrogen) atoms. The molecule has 0 unspecified atom stereocenters. The molecule has 0 spiro atoms. The van der Waals surface area contributed by atoms with E-state index in [9.17, 15) is 4.79 Å². The first-order valence-electron chi connectivity index (χ1n) is 4.06. The van der Waals surface area contributed by atoms with Gasteiger partial charge < -0.3 is 14.2 Å². The van der Waals surface area contributed by atoms with Crippen molar-refractivity contribution in [2.75, 3.05) is 0 Å². The molecule has 0 aromatic carbocycles. The molecule has 1 rings (SSSR count). The van der Waals surface area contributed by atoms with E-state index in [0.29, 0.717) is 6.42 Å². The van der Waals surface area contributed by atoms with Gasteiger partial charge in [0.2, 0.25) is 6.29 Å². The summed E-state index contributed by atoms with van der Waals surface area (Å²) in [6.07, 6.45) is -0.0540.